The molecule has 12 heteroatoms. The number of halogens is 1. The largest absolute Gasteiger partial charge is 0.506 e. The van der Waals surface area contributed by atoms with Crippen molar-refractivity contribution >= 4 is 35.3 Å². The smallest absolute Gasteiger partial charge is 0.410 e. The molecule has 254 valence electrons. The number of phenolic OH excluding ortho intramolecular Hbond substituents is 1. The van der Waals surface area contributed by atoms with Crippen LogP contribution in [0.4, 0.5) is 15.3 Å². The molecule has 2 aromatic rings. The van der Waals surface area contributed by atoms with Crippen LogP contribution in [-0.2, 0) is 22.4 Å². The molecule has 0 spiro atoms. The van der Waals surface area contributed by atoms with Crippen molar-refractivity contribution in [1.82, 2.24) is 19.6 Å². The number of hydrogen-bond acceptors (Lipinski definition) is 7. The monoisotopic (exact) mass is 666 g/mol. The summed E-state index contributed by atoms with van der Waals surface area (Å²) in [7, 11) is 0. The van der Waals surface area contributed by atoms with Gasteiger partial charge in [0.2, 0.25) is 0 Å². The van der Waals surface area contributed by atoms with E-state index in [0.29, 0.717) is 57.2 Å². The number of hydrogen-bond donors (Lipinski definition) is 3. The van der Waals surface area contributed by atoms with Gasteiger partial charge in [-0.2, -0.15) is 0 Å². The van der Waals surface area contributed by atoms with Crippen molar-refractivity contribution in [3.63, 3.8) is 0 Å². The first kappa shape index (κ1) is 33.4. The number of likely N-dealkylation sites (tertiary alicyclic amines) is 3. The molecular formula is C35H47ClN6O5. The lowest BCUT2D eigenvalue weighted by molar-refractivity contribution is -0.142. The van der Waals surface area contributed by atoms with Gasteiger partial charge in [0.15, 0.2) is 6.10 Å². The number of piperidine rings is 3. The third-order valence-corrected chi connectivity index (χ3v) is 10.8. The highest BCUT2D eigenvalue weighted by molar-refractivity contribution is 6.32. The van der Waals surface area contributed by atoms with Gasteiger partial charge in [-0.15, -0.1) is 0 Å². The van der Waals surface area contributed by atoms with E-state index in [-0.39, 0.29) is 40.7 Å². The number of benzene rings is 2. The first-order valence-corrected chi connectivity index (χ1v) is 17.3. The summed E-state index contributed by atoms with van der Waals surface area (Å²) in [6.07, 6.45) is 4.26. The fourth-order valence-corrected chi connectivity index (χ4v) is 7.62. The van der Waals surface area contributed by atoms with Gasteiger partial charge in [-0.05, 0) is 81.2 Å². The zero-order chi connectivity index (χ0) is 33.1. The molecule has 0 aliphatic carbocycles. The van der Waals surface area contributed by atoms with Gasteiger partial charge < -0.3 is 40.5 Å². The minimum absolute atomic E-state index is 0.00438. The van der Waals surface area contributed by atoms with Gasteiger partial charge in [-0.25, -0.2) is 9.59 Å². The highest BCUT2D eigenvalue weighted by Crippen LogP contribution is 2.29. The van der Waals surface area contributed by atoms with E-state index in [1.54, 1.807) is 17.0 Å². The molecule has 47 heavy (non-hydrogen) atoms. The van der Waals surface area contributed by atoms with Gasteiger partial charge in [0.1, 0.15) is 5.75 Å². The summed E-state index contributed by atoms with van der Waals surface area (Å²) < 4.78 is 5.98. The lowest BCUT2D eigenvalue weighted by Crippen LogP contribution is -2.55. The molecule has 0 aromatic heterocycles. The van der Waals surface area contributed by atoms with Crippen LogP contribution in [0, 0.1) is 0 Å². The summed E-state index contributed by atoms with van der Waals surface area (Å²) in [6.45, 7) is 6.72. The number of ether oxygens (including phenoxy) is 1. The van der Waals surface area contributed by atoms with E-state index >= 15 is 0 Å². The predicted octanol–water partition coefficient (Wildman–Crippen LogP) is 4.45. The van der Waals surface area contributed by atoms with E-state index < -0.39 is 12.2 Å². The zero-order valence-electron chi connectivity index (χ0n) is 27.2. The van der Waals surface area contributed by atoms with E-state index in [9.17, 15) is 19.5 Å². The van der Waals surface area contributed by atoms with E-state index in [4.69, 9.17) is 22.1 Å². The van der Waals surface area contributed by atoms with Gasteiger partial charge in [0.05, 0.1) is 5.02 Å². The number of rotatable bonds is 6. The molecular weight excluding hydrogens is 620 g/mol. The first-order valence-electron chi connectivity index (χ1n) is 17.0. The highest BCUT2D eigenvalue weighted by atomic mass is 35.5. The molecule has 4 amide bonds. The van der Waals surface area contributed by atoms with Gasteiger partial charge in [-0.3, -0.25) is 4.79 Å². The van der Waals surface area contributed by atoms with Crippen LogP contribution in [0.15, 0.2) is 42.5 Å². The van der Waals surface area contributed by atoms with E-state index in [0.717, 1.165) is 56.4 Å². The van der Waals surface area contributed by atoms with Crippen LogP contribution in [0.5, 0.6) is 5.75 Å². The standard InChI is InChI=1S/C35H47ClN6O5/c1-35(37)13-20-39(21-14-35)26-9-15-40(16-10-26)32(44)31(23-24-6-7-30(43)28(36)22-24)47-34(46)41-17-11-27(12-18-41)42-19-8-25-4-2-3-5-29(25)38-33(42)45/h2-7,22,26-27,31,43H,8-21,23,37H2,1H3,(H,38,45)/t31-/m1/s1. The van der Waals surface area contributed by atoms with E-state index in [1.807, 2.05) is 34.1 Å². The quantitative estimate of drug-likeness (QED) is 0.415. The number of para-hydroxylation sites is 1. The number of anilines is 1. The summed E-state index contributed by atoms with van der Waals surface area (Å²) in [4.78, 5) is 48.3. The first-order chi connectivity index (χ1) is 22.6. The maximum absolute atomic E-state index is 13.9. The molecule has 2 aromatic carbocycles. The number of aromatic hydroxyl groups is 1. The number of carbonyl (C=O) groups excluding carboxylic acids is 3. The molecule has 3 fully saturated rings. The second-order valence-electron chi connectivity index (χ2n) is 13.9. The third kappa shape index (κ3) is 7.96. The van der Waals surface area contributed by atoms with Crippen molar-refractivity contribution in [2.75, 3.05) is 51.1 Å². The summed E-state index contributed by atoms with van der Waals surface area (Å²) in [5.74, 6) is -0.264. The maximum atomic E-state index is 13.9. The predicted molar refractivity (Wildman–Crippen MR) is 181 cm³/mol. The molecule has 0 unspecified atom stereocenters. The Kier molecular flexibility index (Phi) is 10.1. The molecule has 4 N–H and O–H groups in total. The zero-order valence-corrected chi connectivity index (χ0v) is 28.0. The number of phenols is 1. The number of nitrogens with two attached hydrogens (primary N) is 1. The number of nitrogens with zero attached hydrogens (tertiary/aromatic N) is 4. The Bertz CT molecular complexity index is 1450. The van der Waals surface area contributed by atoms with Crippen LogP contribution in [0.1, 0.15) is 56.6 Å². The van der Waals surface area contributed by atoms with Crippen LogP contribution in [0.25, 0.3) is 0 Å². The molecule has 4 aliphatic rings. The Labute approximate surface area is 281 Å². The fraction of sp³-hybridized carbons (Fsp3) is 0.571. The number of urea groups is 1. The molecule has 1 atom stereocenters. The molecule has 4 aliphatic heterocycles. The number of carbonyl (C=O) groups is 3. The SMILES string of the molecule is CC1(N)CCN(C2CCN(C(=O)[C@@H](Cc3ccc(O)c(Cl)c3)OC(=O)N3CCC(N4CCc5ccccc5NC4=O)CC3)CC2)CC1. The molecule has 3 saturated heterocycles. The summed E-state index contributed by atoms with van der Waals surface area (Å²) in [6, 6.07) is 12.9. The second kappa shape index (κ2) is 14.3. The molecule has 0 bridgehead atoms. The van der Waals surface area contributed by atoms with E-state index in [2.05, 4.69) is 17.1 Å². The average Bonchev–Trinajstić information content (AvgIpc) is 3.24. The molecule has 11 nitrogen and oxygen atoms in total. The van der Waals surface area contributed by atoms with Crippen molar-refractivity contribution < 1.29 is 24.2 Å². The number of amides is 4. The van der Waals surface area contributed by atoms with Crippen LogP contribution in [0.2, 0.25) is 5.02 Å². The molecule has 4 heterocycles. The Morgan fingerprint density at radius 3 is 2.34 bits per heavy atom. The van der Waals surface area contributed by atoms with Gasteiger partial charge in [0, 0.05) is 75.5 Å². The van der Waals surface area contributed by atoms with Gasteiger partial charge in [0.25, 0.3) is 5.91 Å². The minimum atomic E-state index is -1.03. The second-order valence-corrected chi connectivity index (χ2v) is 14.3. The topological polar surface area (TPSA) is 132 Å². The Hall–Kier alpha value is -3.54. The number of fused-ring (bicyclic) bond motifs is 1. The minimum Gasteiger partial charge on any atom is -0.506 e. The summed E-state index contributed by atoms with van der Waals surface area (Å²) in [5, 5.41) is 13.1. The van der Waals surface area contributed by atoms with E-state index in [1.165, 1.54) is 6.07 Å². The van der Waals surface area contributed by atoms with Crippen LogP contribution in [-0.4, -0.2) is 112 Å². The molecule has 6 rings (SSSR count). The Morgan fingerprint density at radius 2 is 1.64 bits per heavy atom. The van der Waals surface area contributed by atoms with Crippen LogP contribution < -0.4 is 11.1 Å². The van der Waals surface area contributed by atoms with Crippen molar-refractivity contribution in [2.24, 2.45) is 5.73 Å². The van der Waals surface area contributed by atoms with Crippen molar-refractivity contribution in [3.8, 4) is 5.75 Å². The third-order valence-electron chi connectivity index (χ3n) is 10.5. The van der Waals surface area contributed by atoms with Crippen molar-refractivity contribution in [1.29, 1.82) is 0 Å². The van der Waals surface area contributed by atoms with Crippen molar-refractivity contribution in [3.05, 3.63) is 58.6 Å². The van der Waals surface area contributed by atoms with Gasteiger partial charge >= 0.3 is 12.1 Å². The maximum Gasteiger partial charge on any atom is 0.410 e. The van der Waals surface area contributed by atoms with Gasteiger partial charge in [-0.1, -0.05) is 35.9 Å². The Morgan fingerprint density at radius 1 is 0.979 bits per heavy atom. The summed E-state index contributed by atoms with van der Waals surface area (Å²) >= 11 is 6.18. The number of nitrogens with one attached hydrogen (secondary N) is 1. The lowest BCUT2D eigenvalue weighted by atomic mass is 9.89. The Balaban J connectivity index is 1.06. The molecule has 0 radical (unpaired) electrons. The molecule has 0 saturated carbocycles. The highest BCUT2D eigenvalue weighted by Gasteiger charge is 2.37. The van der Waals surface area contributed by atoms with Crippen molar-refractivity contribution in [2.45, 2.75) is 82.0 Å². The average molecular weight is 667 g/mol. The summed E-state index contributed by atoms with van der Waals surface area (Å²) in [5.41, 5.74) is 8.89. The van der Waals surface area contributed by atoms with Crippen LogP contribution >= 0.6 is 11.6 Å². The van der Waals surface area contributed by atoms with Crippen LogP contribution in [0.3, 0.4) is 0 Å². The lowest BCUT2D eigenvalue weighted by Gasteiger charge is -2.44. The normalized spacial score (nSPS) is 21.9. The fourth-order valence-electron chi connectivity index (χ4n) is 7.42.